The van der Waals surface area contributed by atoms with Crippen LogP contribution in [0.2, 0.25) is 0 Å². The monoisotopic (exact) mass is 300 g/mol. The fourth-order valence-corrected chi connectivity index (χ4v) is 2.86. The Labute approximate surface area is 127 Å². The summed E-state index contributed by atoms with van der Waals surface area (Å²) in [6.07, 6.45) is 0.735. The maximum atomic E-state index is 11.1. The average molecular weight is 301 g/mol. The first kappa shape index (κ1) is 17.2. The molecule has 0 bridgehead atoms. The van der Waals surface area contributed by atoms with Gasteiger partial charge >= 0.3 is 0 Å². The number of hydrogen-bond acceptors (Lipinski definition) is 4. The summed E-state index contributed by atoms with van der Waals surface area (Å²) in [5, 5.41) is 14.5. The van der Waals surface area contributed by atoms with E-state index < -0.39 is 5.60 Å². The van der Waals surface area contributed by atoms with Crippen LogP contribution in [0, 0.1) is 5.92 Å². The Morgan fingerprint density at radius 1 is 1.45 bits per heavy atom. The first-order valence-electron chi connectivity index (χ1n) is 6.78. The normalized spacial score (nSPS) is 26.1. The van der Waals surface area contributed by atoms with Crippen LogP contribution in [0.4, 0.5) is 0 Å². The highest BCUT2D eigenvalue weighted by Gasteiger charge is 2.40. The molecule has 1 aliphatic heterocycles. The lowest BCUT2D eigenvalue weighted by atomic mass is 9.76. The molecule has 114 valence electrons. The predicted molar refractivity (Wildman–Crippen MR) is 83.7 cm³/mol. The van der Waals surface area contributed by atoms with Gasteiger partial charge < -0.3 is 20.1 Å². The third-order valence-electron chi connectivity index (χ3n) is 3.90. The van der Waals surface area contributed by atoms with Crippen molar-refractivity contribution in [2.24, 2.45) is 5.92 Å². The minimum absolute atomic E-state index is 0. The van der Waals surface area contributed by atoms with E-state index >= 15 is 0 Å². The van der Waals surface area contributed by atoms with Gasteiger partial charge in [-0.15, -0.1) is 12.4 Å². The zero-order valence-corrected chi connectivity index (χ0v) is 13.2. The van der Waals surface area contributed by atoms with Crippen LogP contribution in [0.3, 0.4) is 0 Å². The van der Waals surface area contributed by atoms with E-state index in [1.165, 1.54) is 0 Å². The van der Waals surface area contributed by atoms with Crippen molar-refractivity contribution in [2.75, 3.05) is 40.8 Å². The van der Waals surface area contributed by atoms with Crippen molar-refractivity contribution in [3.8, 4) is 5.75 Å². The molecule has 2 atom stereocenters. The third-order valence-corrected chi connectivity index (χ3v) is 3.90. The van der Waals surface area contributed by atoms with Gasteiger partial charge in [0.15, 0.2) is 0 Å². The zero-order valence-electron chi connectivity index (χ0n) is 12.4. The Morgan fingerprint density at radius 3 is 2.85 bits per heavy atom. The quantitative estimate of drug-likeness (QED) is 0.884. The molecule has 0 radical (unpaired) electrons. The van der Waals surface area contributed by atoms with Gasteiger partial charge in [0.1, 0.15) is 5.75 Å². The highest BCUT2D eigenvalue weighted by Crippen LogP contribution is 2.36. The molecule has 1 aromatic rings. The summed E-state index contributed by atoms with van der Waals surface area (Å²) >= 11 is 0. The zero-order chi connectivity index (χ0) is 13.9. The third kappa shape index (κ3) is 3.64. The molecular formula is C15H25ClN2O2. The Balaban J connectivity index is 0.00000200. The first-order chi connectivity index (χ1) is 9.06. The standard InChI is InChI=1S/C15H24N2O2.ClH/c1-17(2)11-13-10-16-8-7-15(13,18)12-5-4-6-14(9-12)19-3;/h4-6,9,13,16,18H,7-8,10-11H2,1-3H3;1H/t13-,15-;/m1./s1. The summed E-state index contributed by atoms with van der Waals surface area (Å²) in [5.41, 5.74) is 0.185. The van der Waals surface area contributed by atoms with Gasteiger partial charge in [-0.25, -0.2) is 0 Å². The van der Waals surface area contributed by atoms with Crippen molar-refractivity contribution in [2.45, 2.75) is 12.0 Å². The molecule has 0 spiro atoms. The fourth-order valence-electron chi connectivity index (χ4n) is 2.86. The van der Waals surface area contributed by atoms with Crippen molar-refractivity contribution in [3.63, 3.8) is 0 Å². The molecule has 4 nitrogen and oxygen atoms in total. The van der Waals surface area contributed by atoms with Gasteiger partial charge in [-0.2, -0.15) is 0 Å². The minimum atomic E-state index is -0.774. The van der Waals surface area contributed by atoms with Gasteiger partial charge in [0.25, 0.3) is 0 Å². The molecule has 1 aromatic carbocycles. The molecule has 1 fully saturated rings. The van der Waals surface area contributed by atoms with Crippen LogP contribution in [0.15, 0.2) is 24.3 Å². The molecule has 20 heavy (non-hydrogen) atoms. The Hall–Kier alpha value is -0.810. The number of aliphatic hydroxyl groups is 1. The summed E-state index contributed by atoms with van der Waals surface area (Å²) < 4.78 is 5.27. The lowest BCUT2D eigenvalue weighted by Crippen LogP contribution is -2.51. The first-order valence-corrected chi connectivity index (χ1v) is 6.78. The molecule has 0 aromatic heterocycles. The summed E-state index contributed by atoms with van der Waals surface area (Å²) in [4.78, 5) is 2.13. The van der Waals surface area contributed by atoms with Crippen LogP contribution in [0.25, 0.3) is 0 Å². The molecule has 5 heteroatoms. The van der Waals surface area contributed by atoms with E-state index in [9.17, 15) is 5.11 Å². The second-order valence-electron chi connectivity index (χ2n) is 5.57. The molecule has 1 aliphatic rings. The van der Waals surface area contributed by atoms with E-state index in [0.717, 1.165) is 37.4 Å². The van der Waals surface area contributed by atoms with E-state index in [2.05, 4.69) is 10.2 Å². The smallest absolute Gasteiger partial charge is 0.119 e. The van der Waals surface area contributed by atoms with E-state index in [4.69, 9.17) is 4.74 Å². The van der Waals surface area contributed by atoms with Crippen LogP contribution in [-0.4, -0.2) is 50.8 Å². The van der Waals surface area contributed by atoms with Gasteiger partial charge in [0.05, 0.1) is 12.7 Å². The number of nitrogens with one attached hydrogen (secondary N) is 1. The molecule has 0 unspecified atom stereocenters. The summed E-state index contributed by atoms with van der Waals surface area (Å²) in [7, 11) is 5.74. The Kier molecular flexibility index (Phi) is 6.27. The Morgan fingerprint density at radius 2 is 2.20 bits per heavy atom. The second kappa shape index (κ2) is 7.27. The molecule has 0 amide bonds. The molecule has 1 heterocycles. The highest BCUT2D eigenvalue weighted by atomic mass is 35.5. The van der Waals surface area contributed by atoms with Gasteiger partial charge in [0, 0.05) is 19.0 Å². The number of halogens is 1. The number of rotatable bonds is 4. The SMILES string of the molecule is COc1cccc([C@]2(O)CCNC[C@@H]2CN(C)C)c1.Cl. The van der Waals surface area contributed by atoms with Crippen molar-refractivity contribution in [3.05, 3.63) is 29.8 Å². The molecule has 1 saturated heterocycles. The van der Waals surface area contributed by atoms with Crippen LogP contribution < -0.4 is 10.1 Å². The van der Waals surface area contributed by atoms with Gasteiger partial charge in [-0.05, 0) is 44.8 Å². The number of methoxy groups -OCH3 is 1. The molecule has 0 saturated carbocycles. The van der Waals surface area contributed by atoms with E-state index in [0.29, 0.717) is 0 Å². The van der Waals surface area contributed by atoms with Gasteiger partial charge in [-0.3, -0.25) is 0 Å². The minimum Gasteiger partial charge on any atom is -0.497 e. The number of nitrogens with zero attached hydrogens (tertiary/aromatic N) is 1. The van der Waals surface area contributed by atoms with Gasteiger partial charge in [0.2, 0.25) is 0 Å². The summed E-state index contributed by atoms with van der Waals surface area (Å²) in [6.45, 7) is 2.55. The lowest BCUT2D eigenvalue weighted by molar-refractivity contribution is -0.0541. The van der Waals surface area contributed by atoms with Crippen molar-refractivity contribution < 1.29 is 9.84 Å². The number of ether oxygens (including phenoxy) is 1. The topological polar surface area (TPSA) is 44.7 Å². The maximum absolute atomic E-state index is 11.1. The predicted octanol–water partition coefficient (Wildman–Crippen LogP) is 1.48. The van der Waals surface area contributed by atoms with Crippen LogP contribution >= 0.6 is 12.4 Å². The van der Waals surface area contributed by atoms with Crippen LogP contribution in [0.1, 0.15) is 12.0 Å². The van der Waals surface area contributed by atoms with Crippen molar-refractivity contribution >= 4 is 12.4 Å². The van der Waals surface area contributed by atoms with Crippen molar-refractivity contribution in [1.29, 1.82) is 0 Å². The van der Waals surface area contributed by atoms with Gasteiger partial charge in [-0.1, -0.05) is 12.1 Å². The molecule has 0 aliphatic carbocycles. The Bertz CT molecular complexity index is 428. The van der Waals surface area contributed by atoms with E-state index in [-0.39, 0.29) is 18.3 Å². The fraction of sp³-hybridized carbons (Fsp3) is 0.600. The number of benzene rings is 1. The van der Waals surface area contributed by atoms with Crippen molar-refractivity contribution in [1.82, 2.24) is 10.2 Å². The van der Waals surface area contributed by atoms with E-state index in [1.807, 2.05) is 38.4 Å². The summed E-state index contributed by atoms with van der Waals surface area (Å²) in [5.74, 6) is 0.983. The number of hydrogen-bond donors (Lipinski definition) is 2. The lowest BCUT2D eigenvalue weighted by Gasteiger charge is -2.42. The molecule has 2 rings (SSSR count). The highest BCUT2D eigenvalue weighted by molar-refractivity contribution is 5.85. The average Bonchev–Trinajstić information content (AvgIpc) is 2.41. The number of piperidine rings is 1. The second-order valence-corrected chi connectivity index (χ2v) is 5.57. The molecule has 2 N–H and O–H groups in total. The summed E-state index contributed by atoms with van der Waals surface area (Å²) in [6, 6.07) is 7.81. The van der Waals surface area contributed by atoms with Crippen LogP contribution in [0.5, 0.6) is 5.75 Å². The largest absolute Gasteiger partial charge is 0.497 e. The maximum Gasteiger partial charge on any atom is 0.119 e. The van der Waals surface area contributed by atoms with Crippen LogP contribution in [-0.2, 0) is 5.60 Å². The molecular weight excluding hydrogens is 276 g/mol. The van der Waals surface area contributed by atoms with E-state index in [1.54, 1.807) is 7.11 Å².